The summed E-state index contributed by atoms with van der Waals surface area (Å²) in [6.07, 6.45) is 0. The molecule has 1 aromatic carbocycles. The van der Waals surface area contributed by atoms with Crippen LogP contribution in [-0.2, 0) is 0 Å². The molecule has 0 aliphatic heterocycles. The fraction of sp³-hybridized carbons (Fsp3) is 0.364. The van der Waals surface area contributed by atoms with Gasteiger partial charge >= 0.3 is 0 Å². The van der Waals surface area contributed by atoms with Gasteiger partial charge < -0.3 is 5.32 Å². The number of rotatable bonds is 4. The van der Waals surface area contributed by atoms with Crippen LogP contribution in [0, 0.1) is 9.39 Å². The van der Waals surface area contributed by atoms with Gasteiger partial charge in [0.05, 0.1) is 11.1 Å². The highest BCUT2D eigenvalue weighted by atomic mass is 127. The number of carbonyl (C=O) groups is 1. The number of alkyl halides is 2. The summed E-state index contributed by atoms with van der Waals surface area (Å²) < 4.78 is 13.5. The third-order valence-corrected chi connectivity index (χ3v) is 5.55. The maximum Gasteiger partial charge on any atom is 0.252 e. The number of halogens is 4. The van der Waals surface area contributed by atoms with Crippen molar-refractivity contribution in [1.82, 2.24) is 5.32 Å². The van der Waals surface area contributed by atoms with Crippen molar-refractivity contribution >= 4 is 60.4 Å². The minimum Gasteiger partial charge on any atom is -0.345 e. The molecule has 0 aliphatic rings. The number of hydrogen-bond acceptors (Lipinski definition) is 1. The van der Waals surface area contributed by atoms with Gasteiger partial charge in [0.25, 0.3) is 5.91 Å². The SMILES string of the molecule is CC(CBr)(CBr)NC(=O)c1ccc(F)cc1I. The van der Waals surface area contributed by atoms with Crippen LogP contribution in [0.5, 0.6) is 0 Å². The summed E-state index contributed by atoms with van der Waals surface area (Å²) in [4.78, 5) is 12.0. The van der Waals surface area contributed by atoms with Crippen molar-refractivity contribution in [3.63, 3.8) is 0 Å². The average molecular weight is 479 g/mol. The molecule has 17 heavy (non-hydrogen) atoms. The summed E-state index contributed by atoms with van der Waals surface area (Å²) in [6.45, 7) is 1.92. The summed E-state index contributed by atoms with van der Waals surface area (Å²) in [5.74, 6) is -0.537. The number of amides is 1. The van der Waals surface area contributed by atoms with E-state index in [2.05, 4.69) is 37.2 Å². The first-order valence-corrected chi connectivity index (χ1v) is 8.13. The number of benzene rings is 1. The van der Waals surface area contributed by atoms with E-state index in [-0.39, 0.29) is 17.3 Å². The topological polar surface area (TPSA) is 29.1 Å². The fourth-order valence-electron chi connectivity index (χ4n) is 1.12. The lowest BCUT2D eigenvalue weighted by Gasteiger charge is -2.26. The van der Waals surface area contributed by atoms with Gasteiger partial charge in [-0.1, -0.05) is 31.9 Å². The Kier molecular flexibility index (Phi) is 5.85. The lowest BCUT2D eigenvalue weighted by atomic mass is 10.1. The Bertz CT molecular complexity index is 424. The quantitative estimate of drug-likeness (QED) is 0.519. The Labute approximate surface area is 130 Å². The van der Waals surface area contributed by atoms with Crippen molar-refractivity contribution in [2.24, 2.45) is 0 Å². The Hall–Kier alpha value is 0.310. The van der Waals surface area contributed by atoms with Crippen LogP contribution in [-0.4, -0.2) is 22.1 Å². The molecule has 1 N–H and O–H groups in total. The second-order valence-electron chi connectivity index (χ2n) is 3.91. The molecule has 0 aliphatic carbocycles. The van der Waals surface area contributed by atoms with Gasteiger partial charge in [-0.05, 0) is 47.7 Å². The molecular weight excluding hydrogens is 468 g/mol. The normalized spacial score (nSPS) is 11.4. The molecule has 0 aromatic heterocycles. The molecule has 94 valence electrons. The van der Waals surface area contributed by atoms with Crippen LogP contribution in [0.25, 0.3) is 0 Å². The summed E-state index contributed by atoms with van der Waals surface area (Å²) >= 11 is 8.67. The van der Waals surface area contributed by atoms with Gasteiger partial charge in [-0.25, -0.2) is 4.39 Å². The third kappa shape index (κ3) is 4.17. The predicted molar refractivity (Wildman–Crippen MR) is 82.6 cm³/mol. The molecule has 0 atom stereocenters. The molecule has 0 saturated carbocycles. The maximum absolute atomic E-state index is 12.9. The number of carbonyl (C=O) groups excluding carboxylic acids is 1. The molecule has 1 rings (SSSR count). The van der Waals surface area contributed by atoms with Crippen LogP contribution in [0.2, 0.25) is 0 Å². The minimum absolute atomic E-state index is 0.198. The summed E-state index contributed by atoms with van der Waals surface area (Å²) in [5.41, 5.74) is 0.120. The second-order valence-corrected chi connectivity index (χ2v) is 6.19. The van der Waals surface area contributed by atoms with E-state index in [1.54, 1.807) is 0 Å². The van der Waals surface area contributed by atoms with Crippen LogP contribution in [0.4, 0.5) is 4.39 Å². The van der Waals surface area contributed by atoms with Crippen molar-refractivity contribution in [3.8, 4) is 0 Å². The van der Waals surface area contributed by atoms with Crippen molar-refractivity contribution in [3.05, 3.63) is 33.1 Å². The predicted octanol–water partition coefficient (Wildman–Crippen LogP) is 3.71. The van der Waals surface area contributed by atoms with E-state index in [0.29, 0.717) is 19.8 Å². The zero-order chi connectivity index (χ0) is 13.1. The zero-order valence-electron chi connectivity index (χ0n) is 9.07. The highest BCUT2D eigenvalue weighted by Crippen LogP contribution is 2.17. The van der Waals surface area contributed by atoms with Crippen molar-refractivity contribution in [1.29, 1.82) is 0 Å². The third-order valence-electron chi connectivity index (χ3n) is 2.18. The maximum atomic E-state index is 12.9. The van der Waals surface area contributed by atoms with E-state index in [0.717, 1.165) is 0 Å². The van der Waals surface area contributed by atoms with Gasteiger partial charge in [0.2, 0.25) is 0 Å². The smallest absolute Gasteiger partial charge is 0.252 e. The summed E-state index contributed by atoms with van der Waals surface area (Å²) in [5, 5.41) is 4.18. The van der Waals surface area contributed by atoms with E-state index in [9.17, 15) is 9.18 Å². The first-order valence-electron chi connectivity index (χ1n) is 4.81. The standard InChI is InChI=1S/C11H11Br2FINO/c1-11(5-12,6-13)16-10(17)8-3-2-7(14)4-9(8)15/h2-4H,5-6H2,1H3,(H,16,17). The minimum atomic E-state index is -0.367. The van der Waals surface area contributed by atoms with E-state index in [1.807, 2.05) is 29.5 Å². The molecule has 0 saturated heterocycles. The largest absolute Gasteiger partial charge is 0.345 e. The van der Waals surface area contributed by atoms with E-state index < -0.39 is 0 Å². The lowest BCUT2D eigenvalue weighted by molar-refractivity contribution is 0.0922. The summed E-state index contributed by atoms with van der Waals surface area (Å²) in [6, 6.07) is 4.13. The van der Waals surface area contributed by atoms with E-state index in [4.69, 9.17) is 0 Å². The van der Waals surface area contributed by atoms with Crippen LogP contribution in [0.3, 0.4) is 0 Å². The zero-order valence-corrected chi connectivity index (χ0v) is 14.4. The molecule has 0 radical (unpaired) electrons. The van der Waals surface area contributed by atoms with E-state index in [1.165, 1.54) is 18.2 Å². The lowest BCUT2D eigenvalue weighted by Crippen LogP contribution is -2.49. The highest BCUT2D eigenvalue weighted by Gasteiger charge is 2.25. The molecular formula is C11H11Br2FINO. The number of hydrogen-bond donors (Lipinski definition) is 1. The monoisotopic (exact) mass is 477 g/mol. The molecule has 6 heteroatoms. The van der Waals surface area contributed by atoms with Gasteiger partial charge in [-0.3, -0.25) is 4.79 Å². The van der Waals surface area contributed by atoms with Crippen LogP contribution < -0.4 is 5.32 Å². The highest BCUT2D eigenvalue weighted by molar-refractivity contribution is 14.1. The van der Waals surface area contributed by atoms with Crippen molar-refractivity contribution < 1.29 is 9.18 Å². The van der Waals surface area contributed by atoms with Crippen molar-refractivity contribution in [2.75, 3.05) is 10.7 Å². The average Bonchev–Trinajstić information content (AvgIpc) is 2.28. The van der Waals surface area contributed by atoms with Gasteiger partial charge in [0.1, 0.15) is 5.82 Å². The first-order chi connectivity index (χ1) is 7.91. The molecule has 2 nitrogen and oxygen atoms in total. The Balaban J connectivity index is 2.90. The molecule has 0 spiro atoms. The van der Waals surface area contributed by atoms with Crippen molar-refractivity contribution in [2.45, 2.75) is 12.5 Å². The van der Waals surface area contributed by atoms with E-state index >= 15 is 0 Å². The van der Waals surface area contributed by atoms with Gasteiger partial charge in [0.15, 0.2) is 0 Å². The van der Waals surface area contributed by atoms with Crippen LogP contribution >= 0.6 is 54.5 Å². The Morgan fingerprint density at radius 3 is 2.53 bits per heavy atom. The molecule has 0 unspecified atom stereocenters. The second kappa shape index (κ2) is 6.47. The van der Waals surface area contributed by atoms with Gasteiger partial charge in [-0.15, -0.1) is 0 Å². The Morgan fingerprint density at radius 2 is 2.06 bits per heavy atom. The van der Waals surface area contributed by atoms with Gasteiger partial charge in [-0.2, -0.15) is 0 Å². The fourth-order valence-corrected chi connectivity index (χ4v) is 3.05. The molecule has 1 aromatic rings. The molecule has 0 fully saturated rings. The molecule has 0 heterocycles. The number of nitrogens with one attached hydrogen (secondary N) is 1. The van der Waals surface area contributed by atoms with Crippen LogP contribution in [0.15, 0.2) is 18.2 Å². The summed E-state index contributed by atoms with van der Waals surface area (Å²) in [7, 11) is 0. The van der Waals surface area contributed by atoms with Gasteiger partial charge in [0, 0.05) is 14.2 Å². The van der Waals surface area contributed by atoms with Crippen LogP contribution in [0.1, 0.15) is 17.3 Å². The molecule has 1 amide bonds. The Morgan fingerprint density at radius 1 is 1.47 bits per heavy atom. The molecule has 0 bridgehead atoms. The first kappa shape index (κ1) is 15.4.